The standard InChI is InChI=1S/C72H69N3/c1-49(2)34-37-55-43-70(52-22-10-7-11-23-52)73-46-67(55)64-31-19-16-28-61(64)58-40-59(62-29-17-20-32-65(62)68-47-74-71(53-24-12-8-13-25-53)44-56(68)38-35-50(3)4)42-60(41-58)63-30-18-21-33-66(63)69-48-75-72(54-26-14-9-15-27-54)45-57(69)39-36-51(5)6/h7-33,40-51H,34-39H2,1-6H3. The van der Waals surface area contributed by atoms with Crippen molar-refractivity contribution in [3.63, 3.8) is 0 Å². The summed E-state index contributed by atoms with van der Waals surface area (Å²) in [6, 6.07) is 72.9. The molecule has 0 amide bonds. The lowest BCUT2D eigenvalue weighted by molar-refractivity contribution is 0.587. The average Bonchev–Trinajstić information content (AvgIpc) is 3.46. The van der Waals surface area contributed by atoms with Gasteiger partial charge in [-0.05, 0) is 159 Å². The first-order valence-corrected chi connectivity index (χ1v) is 27.2. The Labute approximate surface area is 446 Å². The fraction of sp³-hybridized carbons (Fsp3) is 0.208. The van der Waals surface area contributed by atoms with Crippen LogP contribution in [0.2, 0.25) is 0 Å². The van der Waals surface area contributed by atoms with E-state index in [9.17, 15) is 0 Å². The van der Waals surface area contributed by atoms with E-state index in [-0.39, 0.29) is 0 Å². The highest BCUT2D eigenvalue weighted by Gasteiger charge is 2.21. The molecule has 3 heterocycles. The largest absolute Gasteiger partial charge is 0.256 e. The molecule has 7 aromatic carbocycles. The predicted molar refractivity (Wildman–Crippen MR) is 318 cm³/mol. The normalized spacial score (nSPS) is 11.5. The summed E-state index contributed by atoms with van der Waals surface area (Å²) in [4.78, 5) is 15.5. The van der Waals surface area contributed by atoms with Crippen LogP contribution in [0.5, 0.6) is 0 Å². The monoisotopic (exact) mass is 976 g/mol. The number of hydrogen-bond acceptors (Lipinski definition) is 3. The second kappa shape index (κ2) is 23.5. The summed E-state index contributed by atoms with van der Waals surface area (Å²) < 4.78 is 0. The summed E-state index contributed by atoms with van der Waals surface area (Å²) in [5, 5.41) is 0. The van der Waals surface area contributed by atoms with Crippen LogP contribution in [-0.2, 0) is 19.3 Å². The molecule has 10 aromatic rings. The van der Waals surface area contributed by atoms with E-state index in [2.05, 4.69) is 260 Å². The fourth-order valence-electron chi connectivity index (χ4n) is 10.5. The Bertz CT molecular complexity index is 3130. The van der Waals surface area contributed by atoms with Crippen LogP contribution in [0.4, 0.5) is 0 Å². The topological polar surface area (TPSA) is 38.7 Å². The van der Waals surface area contributed by atoms with Gasteiger partial charge in [-0.2, -0.15) is 0 Å². The molecule has 0 spiro atoms. The first-order chi connectivity index (χ1) is 36.7. The van der Waals surface area contributed by atoms with Crippen molar-refractivity contribution in [2.75, 3.05) is 0 Å². The molecule has 0 bridgehead atoms. The molecular weight excluding hydrogens is 907 g/mol. The highest BCUT2D eigenvalue weighted by atomic mass is 14.7. The summed E-state index contributed by atoms with van der Waals surface area (Å²) in [7, 11) is 0. The molecule has 0 saturated carbocycles. The Hall–Kier alpha value is -8.01. The molecule has 75 heavy (non-hydrogen) atoms. The maximum atomic E-state index is 5.18. The zero-order valence-electron chi connectivity index (χ0n) is 44.6. The Morgan fingerprint density at radius 3 is 0.747 bits per heavy atom. The smallest absolute Gasteiger partial charge is 0.0705 e. The zero-order chi connectivity index (χ0) is 51.7. The molecule has 0 aliphatic heterocycles. The summed E-state index contributed by atoms with van der Waals surface area (Å²) in [5.74, 6) is 1.69. The van der Waals surface area contributed by atoms with Crippen LogP contribution in [0.15, 0.2) is 219 Å². The van der Waals surface area contributed by atoms with Gasteiger partial charge in [-0.3, -0.25) is 15.0 Å². The molecule has 0 atom stereocenters. The summed E-state index contributed by atoms with van der Waals surface area (Å²) >= 11 is 0. The maximum absolute atomic E-state index is 5.18. The van der Waals surface area contributed by atoms with Gasteiger partial charge < -0.3 is 0 Å². The Morgan fingerprint density at radius 1 is 0.253 bits per heavy atom. The van der Waals surface area contributed by atoms with Crippen molar-refractivity contribution in [3.8, 4) is 101 Å². The first-order valence-electron chi connectivity index (χ1n) is 27.2. The number of hydrogen-bond donors (Lipinski definition) is 0. The van der Waals surface area contributed by atoms with E-state index in [0.717, 1.165) is 89.0 Å². The summed E-state index contributed by atoms with van der Waals surface area (Å²) in [6.07, 6.45) is 12.5. The van der Waals surface area contributed by atoms with Crippen LogP contribution >= 0.6 is 0 Å². The van der Waals surface area contributed by atoms with Crippen LogP contribution in [0.3, 0.4) is 0 Å². The van der Waals surface area contributed by atoms with E-state index >= 15 is 0 Å². The molecule has 0 fully saturated rings. The zero-order valence-corrected chi connectivity index (χ0v) is 44.6. The lowest BCUT2D eigenvalue weighted by atomic mass is 9.84. The van der Waals surface area contributed by atoms with Gasteiger partial charge in [-0.15, -0.1) is 0 Å². The van der Waals surface area contributed by atoms with Crippen molar-refractivity contribution in [1.29, 1.82) is 0 Å². The number of rotatable bonds is 18. The van der Waals surface area contributed by atoms with E-state index in [4.69, 9.17) is 15.0 Å². The third-order valence-corrected chi connectivity index (χ3v) is 14.7. The minimum absolute atomic E-state index is 0.562. The van der Waals surface area contributed by atoms with Crippen molar-refractivity contribution in [2.24, 2.45) is 17.8 Å². The lowest BCUT2D eigenvalue weighted by Crippen LogP contribution is -2.00. The molecule has 0 unspecified atom stereocenters. The second-order valence-electron chi connectivity index (χ2n) is 21.5. The molecule has 10 rings (SSSR count). The van der Waals surface area contributed by atoms with Crippen LogP contribution in [0.25, 0.3) is 101 Å². The van der Waals surface area contributed by atoms with Crippen LogP contribution in [-0.4, -0.2) is 15.0 Å². The van der Waals surface area contributed by atoms with Crippen LogP contribution in [0.1, 0.15) is 77.5 Å². The molecule has 0 aliphatic rings. The first kappa shape index (κ1) is 50.5. The van der Waals surface area contributed by atoms with Gasteiger partial charge in [0.1, 0.15) is 0 Å². The third-order valence-electron chi connectivity index (χ3n) is 14.7. The van der Waals surface area contributed by atoms with Crippen molar-refractivity contribution in [1.82, 2.24) is 15.0 Å². The number of aromatic nitrogens is 3. The number of pyridine rings is 3. The lowest BCUT2D eigenvalue weighted by Gasteiger charge is -2.20. The van der Waals surface area contributed by atoms with Gasteiger partial charge in [-0.25, -0.2) is 0 Å². The minimum atomic E-state index is 0.562. The Kier molecular flexibility index (Phi) is 15.8. The molecule has 0 radical (unpaired) electrons. The Balaban J connectivity index is 1.19. The highest BCUT2D eigenvalue weighted by Crippen LogP contribution is 2.44. The molecule has 0 aliphatic carbocycles. The molecule has 0 N–H and O–H groups in total. The molecular formula is C72H69N3. The van der Waals surface area contributed by atoms with Crippen molar-refractivity contribution in [3.05, 3.63) is 235 Å². The van der Waals surface area contributed by atoms with Gasteiger partial charge in [0.15, 0.2) is 0 Å². The van der Waals surface area contributed by atoms with E-state index in [1.807, 2.05) is 0 Å². The number of aryl methyl sites for hydroxylation is 3. The van der Waals surface area contributed by atoms with Gasteiger partial charge >= 0.3 is 0 Å². The van der Waals surface area contributed by atoms with E-state index < -0.39 is 0 Å². The van der Waals surface area contributed by atoms with Crippen molar-refractivity contribution >= 4 is 0 Å². The van der Waals surface area contributed by atoms with Crippen LogP contribution < -0.4 is 0 Å². The summed E-state index contributed by atoms with van der Waals surface area (Å²) in [5.41, 5.74) is 24.4. The highest BCUT2D eigenvalue weighted by molar-refractivity contribution is 5.95. The molecule has 3 aromatic heterocycles. The fourth-order valence-corrected chi connectivity index (χ4v) is 10.5. The number of nitrogens with zero attached hydrogens (tertiary/aromatic N) is 3. The van der Waals surface area contributed by atoms with Crippen LogP contribution in [0, 0.1) is 17.8 Å². The van der Waals surface area contributed by atoms with Gasteiger partial charge in [0, 0.05) is 52.0 Å². The summed E-state index contributed by atoms with van der Waals surface area (Å²) in [6.45, 7) is 13.9. The SMILES string of the molecule is CC(C)CCc1cc(-c2ccccc2)ncc1-c1ccccc1-c1cc(-c2ccccc2-c2cnc(-c3ccccc3)cc2CCC(C)C)cc(-c2ccccc2-c2cnc(-c3ccccc3)cc2CCC(C)C)c1. The second-order valence-corrected chi connectivity index (χ2v) is 21.5. The molecule has 3 nitrogen and oxygen atoms in total. The van der Waals surface area contributed by atoms with Gasteiger partial charge in [-0.1, -0.05) is 205 Å². The quantitative estimate of drug-likeness (QED) is 0.0860. The maximum Gasteiger partial charge on any atom is 0.0705 e. The van der Waals surface area contributed by atoms with E-state index in [0.29, 0.717) is 17.8 Å². The number of benzene rings is 7. The van der Waals surface area contributed by atoms with Crippen molar-refractivity contribution < 1.29 is 0 Å². The van der Waals surface area contributed by atoms with Gasteiger partial charge in [0.05, 0.1) is 17.1 Å². The Morgan fingerprint density at radius 2 is 0.493 bits per heavy atom. The third kappa shape index (κ3) is 11.9. The van der Waals surface area contributed by atoms with E-state index in [1.54, 1.807) is 0 Å². The van der Waals surface area contributed by atoms with E-state index in [1.165, 1.54) is 66.8 Å². The molecule has 3 heteroatoms. The molecule has 0 saturated heterocycles. The minimum Gasteiger partial charge on any atom is -0.256 e. The van der Waals surface area contributed by atoms with Gasteiger partial charge in [0.25, 0.3) is 0 Å². The van der Waals surface area contributed by atoms with Crippen molar-refractivity contribution in [2.45, 2.75) is 80.1 Å². The van der Waals surface area contributed by atoms with Gasteiger partial charge in [0.2, 0.25) is 0 Å². The molecule has 372 valence electrons. The average molecular weight is 976 g/mol. The predicted octanol–water partition coefficient (Wildman–Crippen LogP) is 19.6.